The van der Waals surface area contributed by atoms with Crippen LogP contribution in [0.3, 0.4) is 0 Å². The van der Waals surface area contributed by atoms with Crippen LogP contribution in [0, 0.1) is 5.92 Å². The Bertz CT molecular complexity index is 437. The maximum Gasteiger partial charge on any atom is 0.134 e. The minimum Gasteiger partial charge on any atom is -0.459 e. The summed E-state index contributed by atoms with van der Waals surface area (Å²) >= 11 is 0. The monoisotopic (exact) mass is 201 g/mol. The highest BCUT2D eigenvalue weighted by atomic mass is 16.3. The van der Waals surface area contributed by atoms with Crippen LogP contribution in [0.4, 0.5) is 0 Å². The smallest absolute Gasteiger partial charge is 0.134 e. The predicted molar refractivity (Wildman–Crippen MR) is 60.5 cm³/mol. The fraction of sp³-hybridized carbons (Fsp3) is 0.385. The second kappa shape index (κ2) is 3.38. The second-order valence-corrected chi connectivity index (χ2v) is 4.40. The molecule has 0 bridgehead atoms. The van der Waals surface area contributed by atoms with Crippen molar-refractivity contribution in [2.45, 2.75) is 25.3 Å². The van der Waals surface area contributed by atoms with Crippen LogP contribution in [0.15, 0.2) is 34.7 Å². The van der Waals surface area contributed by atoms with Crippen molar-refractivity contribution in [3.05, 3.63) is 36.1 Å². The Morgan fingerprint density at radius 2 is 2.07 bits per heavy atom. The van der Waals surface area contributed by atoms with E-state index in [9.17, 15) is 0 Å². The first-order valence-electron chi connectivity index (χ1n) is 5.58. The Kier molecular flexibility index (Phi) is 2.03. The fourth-order valence-electron chi connectivity index (χ4n) is 2.20. The molecule has 2 heteroatoms. The van der Waals surface area contributed by atoms with Crippen LogP contribution >= 0.6 is 0 Å². The van der Waals surface area contributed by atoms with Crippen molar-refractivity contribution < 1.29 is 4.42 Å². The van der Waals surface area contributed by atoms with Crippen molar-refractivity contribution in [1.82, 2.24) is 0 Å². The topological polar surface area (TPSA) is 39.2 Å². The van der Waals surface area contributed by atoms with Gasteiger partial charge in [0.05, 0.1) is 6.04 Å². The lowest BCUT2D eigenvalue weighted by Crippen LogP contribution is -2.26. The van der Waals surface area contributed by atoms with E-state index >= 15 is 0 Å². The summed E-state index contributed by atoms with van der Waals surface area (Å²) in [6.45, 7) is 0. The number of para-hydroxylation sites is 1. The number of fused-ring (bicyclic) bond motifs is 1. The molecule has 1 unspecified atom stereocenters. The summed E-state index contributed by atoms with van der Waals surface area (Å²) in [4.78, 5) is 0. The highest BCUT2D eigenvalue weighted by molar-refractivity contribution is 5.77. The van der Waals surface area contributed by atoms with Crippen LogP contribution in [-0.4, -0.2) is 0 Å². The van der Waals surface area contributed by atoms with Gasteiger partial charge in [-0.1, -0.05) is 24.6 Å². The highest BCUT2D eigenvalue weighted by Crippen LogP contribution is 2.37. The first kappa shape index (κ1) is 8.98. The minimum absolute atomic E-state index is 0.0890. The van der Waals surface area contributed by atoms with Gasteiger partial charge in [0.1, 0.15) is 11.3 Å². The van der Waals surface area contributed by atoms with Gasteiger partial charge in [0, 0.05) is 5.39 Å². The fourth-order valence-corrected chi connectivity index (χ4v) is 2.20. The van der Waals surface area contributed by atoms with Gasteiger partial charge in [-0.2, -0.15) is 0 Å². The lowest BCUT2D eigenvalue weighted by atomic mass is 9.79. The van der Waals surface area contributed by atoms with E-state index in [1.165, 1.54) is 19.3 Å². The first-order valence-corrected chi connectivity index (χ1v) is 5.58. The molecule has 1 fully saturated rings. The van der Waals surface area contributed by atoms with Crippen LogP contribution in [-0.2, 0) is 0 Å². The number of nitrogens with two attached hydrogens (primary N) is 1. The molecule has 0 saturated heterocycles. The van der Waals surface area contributed by atoms with Crippen LogP contribution in [0.5, 0.6) is 0 Å². The molecule has 1 aliphatic carbocycles. The molecule has 78 valence electrons. The van der Waals surface area contributed by atoms with Gasteiger partial charge in [0.2, 0.25) is 0 Å². The van der Waals surface area contributed by atoms with E-state index in [1.807, 2.05) is 18.2 Å². The second-order valence-electron chi connectivity index (χ2n) is 4.40. The van der Waals surface area contributed by atoms with Gasteiger partial charge in [0.15, 0.2) is 0 Å². The van der Waals surface area contributed by atoms with Crippen molar-refractivity contribution in [3.8, 4) is 0 Å². The van der Waals surface area contributed by atoms with Crippen molar-refractivity contribution in [1.29, 1.82) is 0 Å². The number of benzene rings is 1. The Morgan fingerprint density at radius 3 is 2.73 bits per heavy atom. The van der Waals surface area contributed by atoms with E-state index in [1.54, 1.807) is 0 Å². The van der Waals surface area contributed by atoms with Gasteiger partial charge in [-0.25, -0.2) is 0 Å². The normalized spacial score (nSPS) is 19.0. The summed E-state index contributed by atoms with van der Waals surface area (Å²) in [5, 5.41) is 1.15. The molecule has 15 heavy (non-hydrogen) atoms. The van der Waals surface area contributed by atoms with E-state index < -0.39 is 0 Å². The number of hydrogen-bond donors (Lipinski definition) is 1. The van der Waals surface area contributed by atoms with E-state index in [4.69, 9.17) is 10.2 Å². The molecule has 2 N–H and O–H groups in total. The molecule has 1 aliphatic rings. The molecule has 0 spiro atoms. The Labute approximate surface area is 89.1 Å². The minimum atomic E-state index is 0.0890. The summed E-state index contributed by atoms with van der Waals surface area (Å²) in [5.74, 6) is 1.58. The first-order chi connectivity index (χ1) is 7.34. The van der Waals surface area contributed by atoms with Gasteiger partial charge >= 0.3 is 0 Å². The molecule has 1 saturated carbocycles. The lowest BCUT2D eigenvalue weighted by Gasteiger charge is -2.29. The van der Waals surface area contributed by atoms with E-state index in [0.29, 0.717) is 5.92 Å². The molecule has 0 amide bonds. The average Bonchev–Trinajstić information content (AvgIpc) is 2.58. The van der Waals surface area contributed by atoms with E-state index in [0.717, 1.165) is 16.7 Å². The van der Waals surface area contributed by atoms with Gasteiger partial charge in [-0.15, -0.1) is 0 Å². The molecular formula is C13H15NO. The molecule has 1 heterocycles. The number of rotatable bonds is 2. The standard InChI is InChI=1S/C13H15NO/c14-13(9-5-3-6-9)12-8-10-4-1-2-7-11(10)15-12/h1-2,4,7-9,13H,3,5-6,14H2. The zero-order valence-corrected chi connectivity index (χ0v) is 8.65. The molecule has 1 aromatic heterocycles. The SMILES string of the molecule is NC(c1cc2ccccc2o1)C1CCC1. The Morgan fingerprint density at radius 1 is 1.27 bits per heavy atom. The summed E-state index contributed by atoms with van der Waals surface area (Å²) in [6.07, 6.45) is 3.81. The Hall–Kier alpha value is -1.28. The van der Waals surface area contributed by atoms with Crippen LogP contribution in [0.2, 0.25) is 0 Å². The summed E-state index contributed by atoms with van der Waals surface area (Å²) < 4.78 is 5.76. The molecule has 1 aromatic carbocycles. The zero-order chi connectivity index (χ0) is 10.3. The van der Waals surface area contributed by atoms with Gasteiger partial charge in [-0.3, -0.25) is 0 Å². The maximum absolute atomic E-state index is 6.17. The molecule has 2 nitrogen and oxygen atoms in total. The van der Waals surface area contributed by atoms with Crippen LogP contribution in [0.25, 0.3) is 11.0 Å². The third kappa shape index (κ3) is 1.45. The maximum atomic E-state index is 6.17. The summed E-state index contributed by atoms with van der Waals surface area (Å²) in [7, 11) is 0. The van der Waals surface area contributed by atoms with Crippen LogP contribution < -0.4 is 5.73 Å². The van der Waals surface area contributed by atoms with Gasteiger partial charge in [0.25, 0.3) is 0 Å². The van der Waals surface area contributed by atoms with Crippen molar-refractivity contribution in [2.75, 3.05) is 0 Å². The van der Waals surface area contributed by atoms with Crippen LogP contribution in [0.1, 0.15) is 31.1 Å². The highest BCUT2D eigenvalue weighted by Gasteiger charge is 2.27. The molecular weight excluding hydrogens is 186 g/mol. The van der Waals surface area contributed by atoms with Crippen molar-refractivity contribution in [2.24, 2.45) is 11.7 Å². The number of hydrogen-bond acceptors (Lipinski definition) is 2. The average molecular weight is 201 g/mol. The molecule has 3 rings (SSSR count). The summed E-state index contributed by atoms with van der Waals surface area (Å²) in [5.41, 5.74) is 7.12. The largest absolute Gasteiger partial charge is 0.459 e. The lowest BCUT2D eigenvalue weighted by molar-refractivity contribution is 0.244. The molecule has 1 atom stereocenters. The van der Waals surface area contributed by atoms with E-state index in [2.05, 4.69) is 12.1 Å². The van der Waals surface area contributed by atoms with Crippen molar-refractivity contribution >= 4 is 11.0 Å². The number of furan rings is 1. The zero-order valence-electron chi connectivity index (χ0n) is 8.65. The third-order valence-corrected chi connectivity index (χ3v) is 3.43. The predicted octanol–water partition coefficient (Wildman–Crippen LogP) is 3.23. The molecule has 2 aromatic rings. The third-order valence-electron chi connectivity index (χ3n) is 3.43. The molecule has 0 radical (unpaired) electrons. The van der Waals surface area contributed by atoms with E-state index in [-0.39, 0.29) is 6.04 Å². The van der Waals surface area contributed by atoms with Crippen molar-refractivity contribution in [3.63, 3.8) is 0 Å². The van der Waals surface area contributed by atoms with Gasteiger partial charge < -0.3 is 10.2 Å². The summed E-state index contributed by atoms with van der Waals surface area (Å²) in [6, 6.07) is 10.2. The molecule has 0 aliphatic heterocycles. The Balaban J connectivity index is 1.96. The quantitative estimate of drug-likeness (QED) is 0.810. The van der Waals surface area contributed by atoms with Gasteiger partial charge in [-0.05, 0) is 30.9 Å².